The SMILES string of the molecule is O=C(CSc1nnc(-c2ccncc2)n1-c1ccc(Cl)cc1)NC[C@@H]1COc2ccccc2O1. The number of hydrogen-bond acceptors (Lipinski definition) is 7. The van der Waals surface area contributed by atoms with E-state index in [2.05, 4.69) is 20.5 Å². The Morgan fingerprint density at radius 2 is 1.82 bits per heavy atom. The summed E-state index contributed by atoms with van der Waals surface area (Å²) >= 11 is 7.37. The van der Waals surface area contributed by atoms with Crippen LogP contribution in [-0.4, -0.2) is 50.7 Å². The summed E-state index contributed by atoms with van der Waals surface area (Å²) in [5.74, 6) is 2.09. The third-order valence-corrected chi connectivity index (χ3v) is 6.26. The van der Waals surface area contributed by atoms with Gasteiger partial charge in [-0.3, -0.25) is 14.3 Å². The average Bonchev–Trinajstić information content (AvgIpc) is 3.31. The van der Waals surface area contributed by atoms with Crippen molar-refractivity contribution < 1.29 is 14.3 Å². The van der Waals surface area contributed by atoms with Crippen LogP contribution < -0.4 is 14.8 Å². The zero-order chi connectivity index (χ0) is 23.3. The molecule has 2 aromatic carbocycles. The third kappa shape index (κ3) is 5.00. The van der Waals surface area contributed by atoms with Crippen LogP contribution in [0.15, 0.2) is 78.2 Å². The molecular formula is C24H20ClN5O3S. The molecule has 1 aliphatic rings. The van der Waals surface area contributed by atoms with Gasteiger partial charge in [0.1, 0.15) is 12.7 Å². The smallest absolute Gasteiger partial charge is 0.230 e. The zero-order valence-corrected chi connectivity index (χ0v) is 19.5. The van der Waals surface area contributed by atoms with Crippen LogP contribution in [0.1, 0.15) is 0 Å². The van der Waals surface area contributed by atoms with E-state index in [0.717, 1.165) is 11.3 Å². The largest absolute Gasteiger partial charge is 0.486 e. The zero-order valence-electron chi connectivity index (χ0n) is 17.9. The number of benzene rings is 2. The summed E-state index contributed by atoms with van der Waals surface area (Å²) in [5, 5.41) is 12.8. The first-order valence-electron chi connectivity index (χ1n) is 10.6. The van der Waals surface area contributed by atoms with Crippen LogP contribution in [0.4, 0.5) is 0 Å². The highest BCUT2D eigenvalue weighted by molar-refractivity contribution is 7.99. The van der Waals surface area contributed by atoms with E-state index >= 15 is 0 Å². The molecule has 1 amide bonds. The standard InChI is InChI=1S/C24H20ClN5O3S/c25-17-5-7-18(8-6-17)30-23(16-9-11-26-12-10-16)28-29-24(30)34-15-22(31)27-13-19-14-32-20-3-1-2-4-21(20)33-19/h1-12,19H,13-15H2,(H,27,31)/t19-/m1/s1. The van der Waals surface area contributed by atoms with Crippen LogP contribution in [0.2, 0.25) is 5.02 Å². The van der Waals surface area contributed by atoms with Crippen molar-refractivity contribution in [2.24, 2.45) is 0 Å². The van der Waals surface area contributed by atoms with Gasteiger partial charge >= 0.3 is 0 Å². The van der Waals surface area contributed by atoms with Gasteiger partial charge in [0.2, 0.25) is 5.91 Å². The van der Waals surface area contributed by atoms with Crippen LogP contribution in [0, 0.1) is 0 Å². The summed E-state index contributed by atoms with van der Waals surface area (Å²) in [4.78, 5) is 16.6. The highest BCUT2D eigenvalue weighted by Crippen LogP contribution is 2.31. The first-order valence-corrected chi connectivity index (χ1v) is 11.9. The van der Waals surface area contributed by atoms with Crippen molar-refractivity contribution in [2.75, 3.05) is 18.9 Å². The minimum absolute atomic E-state index is 0.136. The molecule has 3 heterocycles. The Morgan fingerprint density at radius 3 is 2.62 bits per heavy atom. The predicted molar refractivity (Wildman–Crippen MR) is 130 cm³/mol. The maximum Gasteiger partial charge on any atom is 0.230 e. The van der Waals surface area contributed by atoms with Gasteiger partial charge in [-0.2, -0.15) is 0 Å². The van der Waals surface area contributed by atoms with E-state index in [1.165, 1.54) is 11.8 Å². The van der Waals surface area contributed by atoms with Gasteiger partial charge < -0.3 is 14.8 Å². The Hall–Kier alpha value is -3.56. The highest BCUT2D eigenvalue weighted by Gasteiger charge is 2.22. The molecule has 0 spiro atoms. The molecule has 4 aromatic rings. The summed E-state index contributed by atoms with van der Waals surface area (Å²) in [7, 11) is 0. The van der Waals surface area contributed by atoms with E-state index in [9.17, 15) is 4.79 Å². The van der Waals surface area contributed by atoms with Crippen molar-refractivity contribution in [1.82, 2.24) is 25.1 Å². The van der Waals surface area contributed by atoms with E-state index in [4.69, 9.17) is 21.1 Å². The number of carbonyl (C=O) groups is 1. The Labute approximate surface area is 205 Å². The van der Waals surface area contributed by atoms with E-state index in [1.54, 1.807) is 24.5 Å². The predicted octanol–water partition coefficient (Wildman–Crippen LogP) is 4.03. The molecule has 0 fully saturated rings. The molecule has 10 heteroatoms. The van der Waals surface area contributed by atoms with Crippen LogP contribution in [0.25, 0.3) is 17.1 Å². The van der Waals surface area contributed by atoms with Crippen molar-refractivity contribution in [2.45, 2.75) is 11.3 Å². The van der Waals surface area contributed by atoms with Gasteiger partial charge in [0.05, 0.1) is 12.3 Å². The van der Waals surface area contributed by atoms with Crippen molar-refractivity contribution in [3.63, 3.8) is 0 Å². The molecule has 5 rings (SSSR count). The van der Waals surface area contributed by atoms with E-state index < -0.39 is 0 Å². The van der Waals surface area contributed by atoms with Crippen LogP contribution in [-0.2, 0) is 4.79 Å². The number of hydrogen-bond donors (Lipinski definition) is 1. The van der Waals surface area contributed by atoms with E-state index in [0.29, 0.717) is 40.7 Å². The fraction of sp³-hybridized carbons (Fsp3) is 0.167. The lowest BCUT2D eigenvalue weighted by Gasteiger charge is -2.26. The first kappa shape index (κ1) is 22.2. The lowest BCUT2D eigenvalue weighted by molar-refractivity contribution is -0.119. The quantitative estimate of drug-likeness (QED) is 0.388. The summed E-state index contributed by atoms with van der Waals surface area (Å²) in [6.07, 6.45) is 3.15. The molecule has 1 atom stereocenters. The first-order chi connectivity index (χ1) is 16.7. The molecule has 0 bridgehead atoms. The average molecular weight is 494 g/mol. The molecule has 0 saturated carbocycles. The lowest BCUT2D eigenvalue weighted by Crippen LogP contribution is -2.41. The van der Waals surface area contributed by atoms with Crippen LogP contribution in [0.3, 0.4) is 0 Å². The minimum atomic E-state index is -0.250. The van der Waals surface area contributed by atoms with Crippen molar-refractivity contribution >= 4 is 29.3 Å². The van der Waals surface area contributed by atoms with E-state index in [-0.39, 0.29) is 17.8 Å². The number of carbonyl (C=O) groups excluding carboxylic acids is 1. The van der Waals surface area contributed by atoms with Gasteiger partial charge in [0.15, 0.2) is 22.5 Å². The number of para-hydroxylation sites is 2. The van der Waals surface area contributed by atoms with Crippen molar-refractivity contribution in [3.05, 3.63) is 78.1 Å². The maximum atomic E-state index is 12.6. The summed E-state index contributed by atoms with van der Waals surface area (Å²) < 4.78 is 13.5. The summed E-state index contributed by atoms with van der Waals surface area (Å²) in [6, 6.07) is 18.6. The molecule has 34 heavy (non-hydrogen) atoms. The van der Waals surface area contributed by atoms with Gasteiger partial charge in [-0.15, -0.1) is 10.2 Å². The molecule has 0 unspecified atom stereocenters. The fourth-order valence-corrected chi connectivity index (χ4v) is 4.35. The summed E-state index contributed by atoms with van der Waals surface area (Å²) in [6.45, 7) is 0.727. The number of thioether (sulfide) groups is 1. The monoisotopic (exact) mass is 493 g/mol. The summed E-state index contributed by atoms with van der Waals surface area (Å²) in [5.41, 5.74) is 1.71. The molecule has 172 valence electrons. The van der Waals surface area contributed by atoms with Crippen molar-refractivity contribution in [3.8, 4) is 28.6 Å². The third-order valence-electron chi connectivity index (χ3n) is 5.08. The van der Waals surface area contributed by atoms with Gasteiger partial charge in [0.25, 0.3) is 0 Å². The van der Waals surface area contributed by atoms with Crippen LogP contribution >= 0.6 is 23.4 Å². The topological polar surface area (TPSA) is 91.2 Å². The Bertz CT molecular complexity index is 1280. The maximum absolute atomic E-state index is 12.6. The Kier molecular flexibility index (Phi) is 6.64. The molecule has 1 N–H and O–H groups in total. The number of pyridine rings is 1. The normalized spacial score (nSPS) is 14.6. The second-order valence-corrected chi connectivity index (χ2v) is 8.82. The van der Waals surface area contributed by atoms with Gasteiger partial charge in [-0.05, 0) is 48.5 Å². The second-order valence-electron chi connectivity index (χ2n) is 7.44. The molecule has 8 nitrogen and oxygen atoms in total. The molecule has 2 aromatic heterocycles. The van der Waals surface area contributed by atoms with Crippen LogP contribution in [0.5, 0.6) is 11.5 Å². The molecule has 0 radical (unpaired) electrons. The molecular weight excluding hydrogens is 474 g/mol. The second kappa shape index (κ2) is 10.1. The highest BCUT2D eigenvalue weighted by atomic mass is 35.5. The Morgan fingerprint density at radius 1 is 1.06 bits per heavy atom. The van der Waals surface area contributed by atoms with Gasteiger partial charge in [-0.25, -0.2) is 0 Å². The Balaban J connectivity index is 1.26. The number of amides is 1. The number of halogens is 1. The van der Waals surface area contributed by atoms with E-state index in [1.807, 2.05) is 53.1 Å². The number of nitrogens with one attached hydrogen (secondary N) is 1. The number of aromatic nitrogens is 4. The number of nitrogens with zero attached hydrogens (tertiary/aromatic N) is 4. The molecule has 0 aliphatic carbocycles. The molecule has 0 saturated heterocycles. The minimum Gasteiger partial charge on any atom is -0.486 e. The van der Waals surface area contributed by atoms with Gasteiger partial charge in [-0.1, -0.05) is 35.5 Å². The number of rotatable bonds is 7. The fourth-order valence-electron chi connectivity index (χ4n) is 3.45. The number of ether oxygens (including phenoxy) is 2. The van der Waals surface area contributed by atoms with Crippen molar-refractivity contribution in [1.29, 1.82) is 0 Å². The van der Waals surface area contributed by atoms with Gasteiger partial charge in [0, 0.05) is 28.7 Å². The lowest BCUT2D eigenvalue weighted by atomic mass is 10.2. The molecule has 1 aliphatic heterocycles. The number of fused-ring (bicyclic) bond motifs is 1.